The first-order valence-corrected chi connectivity index (χ1v) is 37.3. The summed E-state index contributed by atoms with van der Waals surface area (Å²) in [4.78, 5) is 13.4. The first-order valence-electron chi connectivity index (χ1n) is 37.3. The SMILES string of the molecule is CC/C=C\C/C=C\C/C=C\C/C=C\C/C=C\C/C=C\C/C=C\CCCCCCCCCCCCCC(=O)NC(COC1OC(CO)C(OC2OC(CO)C(O)C(O)C2O)C(O)C1O)C(O)/C=C/CC/C=C/CC/C=C/CCCCCCCCCCCCCCCCCC. The minimum absolute atomic E-state index is 0.259. The molecule has 12 unspecified atom stereocenters. The van der Waals surface area contributed by atoms with Gasteiger partial charge in [0.1, 0.15) is 48.8 Å². The van der Waals surface area contributed by atoms with Crippen molar-refractivity contribution < 1.29 is 64.6 Å². The van der Waals surface area contributed by atoms with Crippen LogP contribution in [0.1, 0.15) is 277 Å². The number of amides is 1. The van der Waals surface area contributed by atoms with E-state index in [-0.39, 0.29) is 18.9 Å². The Balaban J connectivity index is 1.68. The lowest BCUT2D eigenvalue weighted by Gasteiger charge is -2.46. The molecule has 0 aromatic heterocycles. The summed E-state index contributed by atoms with van der Waals surface area (Å²) in [7, 11) is 0. The molecule has 14 nitrogen and oxygen atoms in total. The minimum atomic E-state index is -1.80. The molecule has 2 fully saturated rings. The number of aliphatic hydroxyl groups is 8. The number of hydrogen-bond acceptors (Lipinski definition) is 13. The molecule has 1 amide bonds. The Morgan fingerprint density at radius 1 is 0.398 bits per heavy atom. The fourth-order valence-corrected chi connectivity index (χ4v) is 11.5. The molecule has 12 atom stereocenters. The van der Waals surface area contributed by atoms with E-state index in [0.29, 0.717) is 12.8 Å². The van der Waals surface area contributed by atoms with Crippen molar-refractivity contribution in [2.45, 2.75) is 351 Å². The third-order valence-corrected chi connectivity index (χ3v) is 17.4. The molecule has 0 aromatic rings. The van der Waals surface area contributed by atoms with Gasteiger partial charge in [-0.05, 0) is 103 Å². The Bertz CT molecular complexity index is 2030. The van der Waals surface area contributed by atoms with Crippen molar-refractivity contribution in [3.63, 3.8) is 0 Å². The van der Waals surface area contributed by atoms with E-state index in [4.69, 9.17) is 18.9 Å². The van der Waals surface area contributed by atoms with Crippen molar-refractivity contribution in [1.29, 1.82) is 0 Å². The van der Waals surface area contributed by atoms with Crippen LogP contribution in [0.3, 0.4) is 0 Å². The second-order valence-corrected chi connectivity index (χ2v) is 25.7. The molecule has 14 heteroatoms. The van der Waals surface area contributed by atoms with Crippen LogP contribution >= 0.6 is 0 Å². The maximum Gasteiger partial charge on any atom is 0.220 e. The number of hydrogen-bond donors (Lipinski definition) is 9. The van der Waals surface area contributed by atoms with Crippen molar-refractivity contribution in [3.8, 4) is 0 Å². The van der Waals surface area contributed by atoms with Crippen molar-refractivity contribution in [1.82, 2.24) is 5.32 Å². The summed E-state index contributed by atoms with van der Waals surface area (Å²) in [6, 6.07) is -0.950. The molecule has 2 aliphatic rings. The lowest BCUT2D eigenvalue weighted by molar-refractivity contribution is -0.359. The third kappa shape index (κ3) is 45.5. The lowest BCUT2D eigenvalue weighted by atomic mass is 9.97. The van der Waals surface area contributed by atoms with Crippen molar-refractivity contribution >= 4 is 5.91 Å². The molecule has 2 rings (SSSR count). The molecule has 0 aliphatic carbocycles. The van der Waals surface area contributed by atoms with E-state index >= 15 is 0 Å². The summed E-state index contributed by atoms with van der Waals surface area (Å²) >= 11 is 0. The minimum Gasteiger partial charge on any atom is -0.394 e. The molecule has 2 aliphatic heterocycles. The smallest absolute Gasteiger partial charge is 0.220 e. The maximum atomic E-state index is 13.4. The zero-order valence-corrected chi connectivity index (χ0v) is 58.2. The summed E-state index contributed by atoms with van der Waals surface area (Å²) in [6.45, 7) is 2.68. The lowest BCUT2D eigenvalue weighted by Crippen LogP contribution is -2.65. The Kier molecular flexibility index (Phi) is 56.9. The summed E-state index contributed by atoms with van der Waals surface area (Å²) in [6.07, 6.45) is 74.0. The summed E-state index contributed by atoms with van der Waals surface area (Å²) in [5.41, 5.74) is 0. The predicted molar refractivity (Wildman–Crippen MR) is 382 cm³/mol. The van der Waals surface area contributed by atoms with Gasteiger partial charge in [-0.3, -0.25) is 4.79 Å². The Morgan fingerprint density at radius 3 is 1.18 bits per heavy atom. The van der Waals surface area contributed by atoms with Gasteiger partial charge in [-0.1, -0.05) is 289 Å². The van der Waals surface area contributed by atoms with Crippen molar-refractivity contribution in [2.75, 3.05) is 19.8 Å². The van der Waals surface area contributed by atoms with Gasteiger partial charge in [0.05, 0.1) is 32.0 Å². The third-order valence-electron chi connectivity index (χ3n) is 17.4. The van der Waals surface area contributed by atoms with Crippen LogP contribution in [0, 0.1) is 0 Å². The van der Waals surface area contributed by atoms with Gasteiger partial charge >= 0.3 is 0 Å². The summed E-state index contributed by atoms with van der Waals surface area (Å²) in [5, 5.41) is 87.5. The van der Waals surface area contributed by atoms with Crippen molar-refractivity contribution in [2.24, 2.45) is 0 Å². The van der Waals surface area contributed by atoms with Gasteiger partial charge in [-0.25, -0.2) is 0 Å². The summed E-state index contributed by atoms with van der Waals surface area (Å²) < 4.78 is 22.9. The highest BCUT2D eigenvalue weighted by molar-refractivity contribution is 5.76. The monoisotopic (exact) mass is 1310 g/mol. The van der Waals surface area contributed by atoms with E-state index < -0.39 is 86.8 Å². The van der Waals surface area contributed by atoms with Gasteiger partial charge in [0.25, 0.3) is 0 Å². The average molecular weight is 1310 g/mol. The number of rotatable bonds is 60. The average Bonchev–Trinajstić information content (AvgIpc) is 0.852. The maximum absolute atomic E-state index is 13.4. The van der Waals surface area contributed by atoms with Gasteiger partial charge in [-0.2, -0.15) is 0 Å². The fraction of sp³-hybridized carbons (Fsp3) is 0.734. The largest absolute Gasteiger partial charge is 0.394 e. The highest BCUT2D eigenvalue weighted by Gasteiger charge is 2.51. The number of aliphatic hydroxyl groups excluding tert-OH is 8. The molecule has 9 N–H and O–H groups in total. The molecule has 534 valence electrons. The van der Waals surface area contributed by atoms with Crippen LogP contribution in [-0.2, 0) is 23.7 Å². The molecule has 0 spiro atoms. The number of carbonyl (C=O) groups is 1. The van der Waals surface area contributed by atoms with Crippen LogP contribution in [0.25, 0.3) is 0 Å². The molecule has 0 aromatic carbocycles. The first kappa shape index (κ1) is 85.5. The molecule has 2 saturated heterocycles. The molecule has 0 saturated carbocycles. The number of allylic oxidation sites excluding steroid dienone is 19. The van der Waals surface area contributed by atoms with E-state index in [2.05, 4.69) is 129 Å². The van der Waals surface area contributed by atoms with Crippen LogP contribution < -0.4 is 5.32 Å². The van der Waals surface area contributed by atoms with Gasteiger partial charge < -0.3 is 65.1 Å². The zero-order valence-electron chi connectivity index (χ0n) is 58.2. The van der Waals surface area contributed by atoms with Crippen LogP contribution in [-0.4, -0.2) is 140 Å². The van der Waals surface area contributed by atoms with Crippen LogP contribution in [0.4, 0.5) is 0 Å². The number of ether oxygens (including phenoxy) is 4. The zero-order chi connectivity index (χ0) is 67.3. The van der Waals surface area contributed by atoms with Crippen LogP contribution in [0.5, 0.6) is 0 Å². The number of unbranched alkanes of at least 4 members (excludes halogenated alkanes) is 29. The van der Waals surface area contributed by atoms with E-state index in [1.807, 2.05) is 6.08 Å². The predicted octanol–water partition coefficient (Wildman–Crippen LogP) is 16.1. The normalized spacial score (nSPS) is 23.3. The molecular weight excluding hydrogens is 1170 g/mol. The van der Waals surface area contributed by atoms with E-state index in [1.165, 1.54) is 148 Å². The quantitative estimate of drug-likeness (QED) is 0.0204. The van der Waals surface area contributed by atoms with E-state index in [9.17, 15) is 45.6 Å². The highest BCUT2D eigenvalue weighted by Crippen LogP contribution is 2.30. The van der Waals surface area contributed by atoms with Crippen LogP contribution in [0.2, 0.25) is 0 Å². The Labute approximate surface area is 565 Å². The molecule has 2 heterocycles. The number of carbonyl (C=O) groups excluding carboxylic acids is 1. The molecule has 0 radical (unpaired) electrons. The van der Waals surface area contributed by atoms with E-state index in [1.54, 1.807) is 6.08 Å². The second-order valence-electron chi connectivity index (χ2n) is 25.7. The molecule has 93 heavy (non-hydrogen) atoms. The van der Waals surface area contributed by atoms with E-state index in [0.717, 1.165) is 96.3 Å². The van der Waals surface area contributed by atoms with Crippen molar-refractivity contribution in [3.05, 3.63) is 122 Å². The van der Waals surface area contributed by atoms with Gasteiger partial charge in [0, 0.05) is 6.42 Å². The topological polar surface area (TPSA) is 228 Å². The molecule has 0 bridgehead atoms. The Morgan fingerprint density at radius 2 is 0.753 bits per heavy atom. The van der Waals surface area contributed by atoms with Gasteiger partial charge in [0.15, 0.2) is 12.6 Å². The second kappa shape index (κ2) is 61.9. The Hall–Kier alpha value is -3.61. The summed E-state index contributed by atoms with van der Waals surface area (Å²) in [5.74, 6) is -0.259. The fourth-order valence-electron chi connectivity index (χ4n) is 11.5. The van der Waals surface area contributed by atoms with Gasteiger partial charge in [-0.15, -0.1) is 0 Å². The van der Waals surface area contributed by atoms with Gasteiger partial charge in [0.2, 0.25) is 5.91 Å². The molecular formula is C79H135NO13. The number of nitrogens with one attached hydrogen (secondary N) is 1. The standard InChI is InChI=1S/C79H135NO13/c1-3-5-7-9-11-13-15-17-19-21-23-25-27-29-31-32-33-34-35-36-37-39-41-43-45-47-49-51-53-55-57-59-61-63-71(84)80-67(66-90-78-76(89)74(87)77(70(65-82)92-78)93-79-75(88)73(86)72(85)69(64-81)91-79)68(83)62-60-58-56-54-52-50-48-46-44-42-40-38-30-28-26-24-22-20-18-16-14-12-10-8-6-4-2/h5,7,11,13,17,19,23,25,29,31,33-34,36-37,44,46,52,54,60,62,67-70,72-79,81-83,85-89H,3-4,6,8-10,12,14-16,18,20-22,24,26-28,30,32,35,38-43,45,47-51,53,55-59,61,63-66H2,1-2H3,(H,80,84)/b7-5-,13-11-,19-17-,25-23-,31-29-,34-33-,37-36-,46-44+,54-52+,62-60+. The first-order chi connectivity index (χ1) is 45.6. The van der Waals surface area contributed by atoms with Crippen LogP contribution in [0.15, 0.2) is 122 Å². The highest BCUT2D eigenvalue weighted by atomic mass is 16.7.